The normalized spacial score (nSPS) is 10.3. The van der Waals surface area contributed by atoms with E-state index in [0.29, 0.717) is 13.2 Å². The van der Waals surface area contributed by atoms with Crippen LogP contribution in [-0.4, -0.2) is 20.3 Å². The molecule has 0 saturated carbocycles. The summed E-state index contributed by atoms with van der Waals surface area (Å²) in [6.45, 7) is 1.88. The maximum Gasteiger partial charge on any atom is 0.121 e. The minimum atomic E-state index is 0.557. The van der Waals surface area contributed by atoms with Crippen LogP contribution in [0.1, 0.15) is 5.56 Å². The third-order valence-corrected chi connectivity index (χ3v) is 2.47. The number of anilines is 1. The number of methoxy groups -OCH3 is 1. The van der Waals surface area contributed by atoms with Crippen molar-refractivity contribution in [1.82, 2.24) is 0 Å². The number of furan rings is 1. The summed E-state index contributed by atoms with van der Waals surface area (Å²) in [6, 6.07) is 9.80. The molecule has 0 spiro atoms. The van der Waals surface area contributed by atoms with E-state index < -0.39 is 0 Å². The van der Waals surface area contributed by atoms with Crippen LogP contribution >= 0.6 is 0 Å². The van der Waals surface area contributed by atoms with Gasteiger partial charge in [-0.05, 0) is 18.2 Å². The van der Waals surface area contributed by atoms with Gasteiger partial charge in [0, 0.05) is 31.0 Å². The van der Waals surface area contributed by atoms with Crippen molar-refractivity contribution < 1.29 is 13.9 Å². The lowest BCUT2D eigenvalue weighted by atomic mass is 10.2. The highest BCUT2D eigenvalue weighted by Crippen LogP contribution is 2.18. The molecule has 0 aliphatic carbocycles. The van der Waals surface area contributed by atoms with E-state index in [9.17, 15) is 0 Å². The van der Waals surface area contributed by atoms with Crippen molar-refractivity contribution in [1.29, 1.82) is 0 Å². The smallest absolute Gasteiger partial charge is 0.121 e. The van der Waals surface area contributed by atoms with Gasteiger partial charge in [0.1, 0.15) is 12.4 Å². The Morgan fingerprint density at radius 2 is 2.17 bits per heavy atom. The molecule has 2 aromatic rings. The molecule has 1 heterocycles. The second-order valence-electron chi connectivity index (χ2n) is 3.85. The average molecular weight is 247 g/mol. The van der Waals surface area contributed by atoms with Crippen molar-refractivity contribution in [2.45, 2.75) is 6.54 Å². The first kappa shape index (κ1) is 12.5. The van der Waals surface area contributed by atoms with E-state index in [-0.39, 0.29) is 0 Å². The number of nitrogens with one attached hydrogen (secondary N) is 1. The Balaban J connectivity index is 1.86. The third kappa shape index (κ3) is 3.82. The molecule has 0 amide bonds. The molecule has 0 aliphatic rings. The summed E-state index contributed by atoms with van der Waals surface area (Å²) < 4.78 is 15.5. The Morgan fingerprint density at radius 1 is 1.22 bits per heavy atom. The second kappa shape index (κ2) is 6.71. The lowest BCUT2D eigenvalue weighted by molar-refractivity contribution is 0.146. The molecule has 0 saturated heterocycles. The largest absolute Gasteiger partial charge is 0.491 e. The van der Waals surface area contributed by atoms with Crippen molar-refractivity contribution in [2.75, 3.05) is 25.6 Å². The molecule has 4 heteroatoms. The second-order valence-corrected chi connectivity index (χ2v) is 3.85. The van der Waals surface area contributed by atoms with Gasteiger partial charge in [0.25, 0.3) is 0 Å². The highest BCUT2D eigenvalue weighted by atomic mass is 16.5. The Kier molecular flexibility index (Phi) is 4.67. The third-order valence-electron chi connectivity index (χ3n) is 2.47. The molecule has 1 aromatic carbocycles. The lowest BCUT2D eigenvalue weighted by Gasteiger charge is -2.09. The van der Waals surface area contributed by atoms with Gasteiger partial charge >= 0.3 is 0 Å². The molecule has 0 fully saturated rings. The number of benzene rings is 1. The molecular weight excluding hydrogens is 230 g/mol. The predicted octanol–water partition coefficient (Wildman–Crippen LogP) is 2.92. The molecule has 0 atom stereocenters. The Labute approximate surface area is 107 Å². The van der Waals surface area contributed by atoms with Gasteiger partial charge in [0.2, 0.25) is 0 Å². The Hall–Kier alpha value is -1.94. The highest BCUT2D eigenvalue weighted by Gasteiger charge is 1.98. The molecule has 0 aliphatic heterocycles. The molecule has 0 unspecified atom stereocenters. The molecule has 2 rings (SSSR count). The summed E-state index contributed by atoms with van der Waals surface area (Å²) in [6.07, 6.45) is 3.40. The SMILES string of the molecule is COCCOc1cccc(NCc2ccoc2)c1. The molecule has 0 radical (unpaired) electrons. The van der Waals surface area contributed by atoms with Crippen molar-refractivity contribution in [3.63, 3.8) is 0 Å². The van der Waals surface area contributed by atoms with E-state index in [1.54, 1.807) is 19.6 Å². The standard InChI is InChI=1S/C14H17NO3/c1-16-7-8-18-14-4-2-3-13(9-14)15-10-12-5-6-17-11-12/h2-6,9,11,15H,7-8,10H2,1H3. The highest BCUT2D eigenvalue weighted by molar-refractivity contribution is 5.48. The van der Waals surface area contributed by atoms with E-state index in [0.717, 1.165) is 23.5 Å². The summed E-state index contributed by atoms with van der Waals surface area (Å²) in [4.78, 5) is 0. The molecule has 18 heavy (non-hydrogen) atoms. The summed E-state index contributed by atoms with van der Waals surface area (Å²) in [5.74, 6) is 0.837. The molecule has 96 valence electrons. The van der Waals surface area contributed by atoms with Crippen LogP contribution in [0.3, 0.4) is 0 Å². The zero-order chi connectivity index (χ0) is 12.6. The number of hydrogen-bond donors (Lipinski definition) is 1. The lowest BCUT2D eigenvalue weighted by Crippen LogP contribution is -2.04. The van der Waals surface area contributed by atoms with Crippen LogP contribution < -0.4 is 10.1 Å². The Bertz CT molecular complexity index is 454. The number of ether oxygens (including phenoxy) is 2. The average Bonchev–Trinajstić information content (AvgIpc) is 2.90. The summed E-state index contributed by atoms with van der Waals surface area (Å²) in [5, 5.41) is 3.31. The topological polar surface area (TPSA) is 43.6 Å². The van der Waals surface area contributed by atoms with Crippen LogP contribution in [0.15, 0.2) is 47.3 Å². The van der Waals surface area contributed by atoms with E-state index in [2.05, 4.69) is 5.32 Å². The van der Waals surface area contributed by atoms with Gasteiger partial charge in [-0.2, -0.15) is 0 Å². The van der Waals surface area contributed by atoms with Gasteiger partial charge in [0.05, 0.1) is 19.1 Å². The molecule has 1 aromatic heterocycles. The van der Waals surface area contributed by atoms with Crippen LogP contribution in [0, 0.1) is 0 Å². The molecule has 0 bridgehead atoms. The van der Waals surface area contributed by atoms with Crippen molar-refractivity contribution >= 4 is 5.69 Å². The van der Waals surface area contributed by atoms with Crippen molar-refractivity contribution in [2.24, 2.45) is 0 Å². The zero-order valence-electron chi connectivity index (χ0n) is 10.4. The predicted molar refractivity (Wildman–Crippen MR) is 69.8 cm³/mol. The van der Waals surface area contributed by atoms with E-state index in [1.165, 1.54) is 0 Å². The van der Waals surface area contributed by atoms with Crippen LogP contribution in [0.25, 0.3) is 0 Å². The Morgan fingerprint density at radius 3 is 2.94 bits per heavy atom. The first-order chi connectivity index (χ1) is 8.88. The van der Waals surface area contributed by atoms with Crippen molar-refractivity contribution in [3.05, 3.63) is 48.4 Å². The van der Waals surface area contributed by atoms with E-state index >= 15 is 0 Å². The van der Waals surface area contributed by atoms with Gasteiger partial charge in [-0.15, -0.1) is 0 Å². The first-order valence-electron chi connectivity index (χ1n) is 5.85. The van der Waals surface area contributed by atoms with Crippen LogP contribution in [0.4, 0.5) is 5.69 Å². The minimum Gasteiger partial charge on any atom is -0.491 e. The number of hydrogen-bond acceptors (Lipinski definition) is 4. The fraction of sp³-hybridized carbons (Fsp3) is 0.286. The van der Waals surface area contributed by atoms with E-state index in [4.69, 9.17) is 13.9 Å². The quantitative estimate of drug-likeness (QED) is 0.764. The van der Waals surface area contributed by atoms with Gasteiger partial charge in [-0.1, -0.05) is 6.07 Å². The van der Waals surface area contributed by atoms with Crippen LogP contribution in [0.2, 0.25) is 0 Å². The fourth-order valence-electron chi connectivity index (χ4n) is 1.54. The van der Waals surface area contributed by atoms with Gasteiger partial charge in [-0.25, -0.2) is 0 Å². The molecule has 4 nitrogen and oxygen atoms in total. The maximum absolute atomic E-state index is 5.54. The van der Waals surface area contributed by atoms with Gasteiger partial charge in [-0.3, -0.25) is 0 Å². The first-order valence-corrected chi connectivity index (χ1v) is 5.85. The van der Waals surface area contributed by atoms with E-state index in [1.807, 2.05) is 30.3 Å². The zero-order valence-corrected chi connectivity index (χ0v) is 10.4. The van der Waals surface area contributed by atoms with Crippen LogP contribution in [-0.2, 0) is 11.3 Å². The molecule has 1 N–H and O–H groups in total. The summed E-state index contributed by atoms with van der Waals surface area (Å²) in [5.41, 5.74) is 2.13. The summed E-state index contributed by atoms with van der Waals surface area (Å²) in [7, 11) is 1.66. The van der Waals surface area contributed by atoms with Crippen molar-refractivity contribution in [3.8, 4) is 5.75 Å². The van der Waals surface area contributed by atoms with Gasteiger partial charge < -0.3 is 19.2 Å². The minimum absolute atomic E-state index is 0.557. The van der Waals surface area contributed by atoms with Gasteiger partial charge in [0.15, 0.2) is 0 Å². The van der Waals surface area contributed by atoms with Crippen LogP contribution in [0.5, 0.6) is 5.75 Å². The monoisotopic (exact) mass is 247 g/mol. The molecular formula is C14H17NO3. The number of rotatable bonds is 7. The fourth-order valence-corrected chi connectivity index (χ4v) is 1.54. The summed E-state index contributed by atoms with van der Waals surface area (Å²) >= 11 is 0. The maximum atomic E-state index is 5.54.